The summed E-state index contributed by atoms with van der Waals surface area (Å²) >= 11 is 0. The van der Waals surface area contributed by atoms with Crippen LogP contribution >= 0.6 is 0 Å². The van der Waals surface area contributed by atoms with E-state index in [9.17, 15) is 19.8 Å². The number of carbonyl (C=O) groups excluding carboxylic acids is 1. The number of rotatable bonds is 9. The number of allylic oxidation sites excluding steroid dienone is 2. The predicted octanol–water partition coefficient (Wildman–Crippen LogP) is 2.77. The Morgan fingerprint density at radius 2 is 1.95 bits per heavy atom. The highest BCUT2D eigenvalue weighted by atomic mass is 16.5. The summed E-state index contributed by atoms with van der Waals surface area (Å²) in [5, 5.41) is 19.3. The van der Waals surface area contributed by atoms with Crippen molar-refractivity contribution in [2.75, 3.05) is 7.11 Å². The molecule has 4 atom stereocenters. The van der Waals surface area contributed by atoms with Crippen LogP contribution in [-0.2, 0) is 14.3 Å². The van der Waals surface area contributed by atoms with E-state index in [0.717, 1.165) is 32.1 Å². The van der Waals surface area contributed by atoms with Gasteiger partial charge in [0.1, 0.15) is 0 Å². The van der Waals surface area contributed by atoms with Crippen molar-refractivity contribution in [3.63, 3.8) is 0 Å². The molecular formula is C17H28O5. The smallest absolute Gasteiger partial charge is 0.307 e. The van der Waals surface area contributed by atoms with E-state index in [1.165, 1.54) is 7.11 Å². The van der Waals surface area contributed by atoms with Crippen molar-refractivity contribution in [1.82, 2.24) is 0 Å². The highest BCUT2D eigenvalue weighted by Crippen LogP contribution is 2.35. The maximum Gasteiger partial charge on any atom is 0.307 e. The first-order chi connectivity index (χ1) is 10.5. The van der Waals surface area contributed by atoms with Gasteiger partial charge in [0.25, 0.3) is 0 Å². The highest BCUT2D eigenvalue weighted by Gasteiger charge is 2.37. The van der Waals surface area contributed by atoms with Gasteiger partial charge >= 0.3 is 11.9 Å². The number of carboxylic acid groups (broad SMARTS) is 1. The Morgan fingerprint density at radius 1 is 1.27 bits per heavy atom. The number of unbranched alkanes of at least 4 members (excludes halogenated alkanes) is 3. The van der Waals surface area contributed by atoms with E-state index >= 15 is 0 Å². The van der Waals surface area contributed by atoms with Crippen LogP contribution in [0, 0.1) is 17.8 Å². The quantitative estimate of drug-likeness (QED) is 0.388. The second kappa shape index (κ2) is 9.62. The monoisotopic (exact) mass is 312 g/mol. The lowest BCUT2D eigenvalue weighted by molar-refractivity contribution is -0.147. The molecule has 0 heterocycles. The molecule has 5 heteroatoms. The topological polar surface area (TPSA) is 83.8 Å². The van der Waals surface area contributed by atoms with Gasteiger partial charge in [-0.2, -0.15) is 0 Å². The molecule has 0 amide bonds. The zero-order valence-corrected chi connectivity index (χ0v) is 13.5. The van der Waals surface area contributed by atoms with Crippen molar-refractivity contribution < 1.29 is 24.5 Å². The van der Waals surface area contributed by atoms with Crippen LogP contribution in [0.5, 0.6) is 0 Å². The molecule has 0 bridgehead atoms. The summed E-state index contributed by atoms with van der Waals surface area (Å²) in [6.45, 7) is 1.67. The average molecular weight is 312 g/mol. The van der Waals surface area contributed by atoms with Gasteiger partial charge in [-0.1, -0.05) is 31.4 Å². The largest absolute Gasteiger partial charge is 0.481 e. The fraction of sp³-hybridized carbons (Fsp3) is 0.765. The van der Waals surface area contributed by atoms with E-state index in [4.69, 9.17) is 0 Å². The summed E-state index contributed by atoms with van der Waals surface area (Å²) < 4.78 is 4.59. The molecule has 0 aliphatic heterocycles. The van der Waals surface area contributed by atoms with Crippen LogP contribution in [0.25, 0.3) is 0 Å². The number of carbonyl (C=O) groups is 2. The van der Waals surface area contributed by atoms with Crippen molar-refractivity contribution in [3.8, 4) is 0 Å². The molecule has 0 spiro atoms. The lowest BCUT2D eigenvalue weighted by Gasteiger charge is -2.33. The van der Waals surface area contributed by atoms with Crippen molar-refractivity contribution in [1.29, 1.82) is 0 Å². The predicted molar refractivity (Wildman–Crippen MR) is 83.3 cm³/mol. The third-order valence-corrected chi connectivity index (χ3v) is 4.51. The van der Waals surface area contributed by atoms with Crippen LogP contribution in [0.4, 0.5) is 0 Å². The van der Waals surface area contributed by atoms with Crippen LogP contribution < -0.4 is 0 Å². The summed E-state index contributed by atoms with van der Waals surface area (Å²) in [5.74, 6) is -1.70. The first kappa shape index (κ1) is 18.7. The zero-order valence-electron chi connectivity index (χ0n) is 13.5. The molecular weight excluding hydrogens is 284 g/mol. The van der Waals surface area contributed by atoms with Crippen LogP contribution in [-0.4, -0.2) is 35.4 Å². The molecule has 1 aliphatic carbocycles. The van der Waals surface area contributed by atoms with Gasteiger partial charge in [-0.3, -0.25) is 9.59 Å². The summed E-state index contributed by atoms with van der Waals surface area (Å²) in [6, 6.07) is 0. The van der Waals surface area contributed by atoms with Gasteiger partial charge in [0.05, 0.1) is 19.1 Å². The summed E-state index contributed by atoms with van der Waals surface area (Å²) in [7, 11) is 1.39. The number of carboxylic acids is 1. The van der Waals surface area contributed by atoms with Crippen molar-refractivity contribution >= 4 is 11.9 Å². The molecule has 2 unspecified atom stereocenters. The molecule has 5 nitrogen and oxygen atoms in total. The lowest BCUT2D eigenvalue weighted by Crippen LogP contribution is -2.37. The molecule has 0 aromatic rings. The Balaban J connectivity index is 2.37. The van der Waals surface area contributed by atoms with Crippen molar-refractivity contribution in [2.45, 2.75) is 58.0 Å². The third-order valence-electron chi connectivity index (χ3n) is 4.51. The number of aliphatic hydroxyl groups is 1. The van der Waals surface area contributed by atoms with E-state index in [1.54, 1.807) is 6.92 Å². The molecule has 1 rings (SSSR count). The van der Waals surface area contributed by atoms with Gasteiger partial charge in [0, 0.05) is 12.3 Å². The van der Waals surface area contributed by atoms with Crippen molar-refractivity contribution in [2.24, 2.45) is 17.8 Å². The zero-order chi connectivity index (χ0) is 16.5. The van der Waals surface area contributed by atoms with E-state index in [-0.39, 0.29) is 17.8 Å². The Bertz CT molecular complexity index is 389. The van der Waals surface area contributed by atoms with E-state index in [0.29, 0.717) is 12.8 Å². The molecule has 0 saturated heterocycles. The second-order valence-corrected chi connectivity index (χ2v) is 6.13. The molecule has 22 heavy (non-hydrogen) atoms. The number of esters is 1. The second-order valence-electron chi connectivity index (χ2n) is 6.13. The summed E-state index contributed by atoms with van der Waals surface area (Å²) in [4.78, 5) is 22.5. The van der Waals surface area contributed by atoms with Crippen LogP contribution in [0.2, 0.25) is 0 Å². The fourth-order valence-electron chi connectivity index (χ4n) is 3.24. The standard InChI is InChI=1S/C17H28O5/c1-12(18)14-10-7-9-13(16(14)17(20)21)8-5-3-4-6-11-15(19)22-2/h7,9,12-14,16,18H,3-6,8,10-11H2,1-2H3,(H,20,21)/t12?,13?,14-,16+/m1/s1. The number of hydrogen-bond acceptors (Lipinski definition) is 4. The molecule has 2 N–H and O–H groups in total. The normalized spacial score (nSPS) is 25.7. The minimum Gasteiger partial charge on any atom is -0.481 e. The van der Waals surface area contributed by atoms with Gasteiger partial charge in [-0.05, 0) is 32.1 Å². The van der Waals surface area contributed by atoms with E-state index < -0.39 is 18.0 Å². The van der Waals surface area contributed by atoms with E-state index in [1.807, 2.05) is 12.2 Å². The minimum atomic E-state index is -0.814. The molecule has 126 valence electrons. The fourth-order valence-corrected chi connectivity index (χ4v) is 3.24. The molecule has 0 aromatic heterocycles. The molecule has 0 saturated carbocycles. The SMILES string of the molecule is COC(=O)CCCCCCC1C=CC[C@H](C(C)O)[C@H]1C(=O)O. The van der Waals surface area contributed by atoms with Crippen LogP contribution in [0.15, 0.2) is 12.2 Å². The van der Waals surface area contributed by atoms with Gasteiger partial charge in [0.2, 0.25) is 0 Å². The number of aliphatic carboxylic acids is 1. The number of methoxy groups -OCH3 is 1. The number of hydrogen-bond donors (Lipinski definition) is 2. The molecule has 1 aliphatic rings. The van der Waals surface area contributed by atoms with Gasteiger partial charge in [0.15, 0.2) is 0 Å². The molecule has 0 radical (unpaired) electrons. The lowest BCUT2D eigenvalue weighted by atomic mass is 9.72. The first-order valence-electron chi connectivity index (χ1n) is 8.11. The Kier molecular flexibility index (Phi) is 8.17. The Labute approximate surface area is 132 Å². The molecule has 0 fully saturated rings. The van der Waals surface area contributed by atoms with Crippen molar-refractivity contribution in [3.05, 3.63) is 12.2 Å². The highest BCUT2D eigenvalue weighted by molar-refractivity contribution is 5.71. The average Bonchev–Trinajstić information content (AvgIpc) is 2.49. The Morgan fingerprint density at radius 3 is 2.55 bits per heavy atom. The molecule has 0 aromatic carbocycles. The van der Waals surface area contributed by atoms with Crippen LogP contribution in [0.3, 0.4) is 0 Å². The maximum absolute atomic E-state index is 11.5. The maximum atomic E-state index is 11.5. The number of aliphatic hydroxyl groups excluding tert-OH is 1. The first-order valence-corrected chi connectivity index (χ1v) is 8.11. The minimum absolute atomic E-state index is 0.00791. The Hall–Kier alpha value is -1.36. The van der Waals surface area contributed by atoms with E-state index in [2.05, 4.69) is 4.74 Å². The van der Waals surface area contributed by atoms with Gasteiger partial charge in [-0.25, -0.2) is 0 Å². The summed E-state index contributed by atoms with van der Waals surface area (Å²) in [6.07, 6.45) is 8.95. The van der Waals surface area contributed by atoms with Crippen LogP contribution in [0.1, 0.15) is 51.9 Å². The third kappa shape index (κ3) is 5.79. The number of ether oxygens (including phenoxy) is 1. The van der Waals surface area contributed by atoms with Gasteiger partial charge < -0.3 is 14.9 Å². The summed E-state index contributed by atoms with van der Waals surface area (Å²) in [5.41, 5.74) is 0. The van der Waals surface area contributed by atoms with Gasteiger partial charge in [-0.15, -0.1) is 0 Å².